The minimum absolute atomic E-state index is 0.0724. The van der Waals surface area contributed by atoms with E-state index in [9.17, 15) is 4.79 Å². The molecule has 1 fully saturated rings. The largest absolute Gasteiger partial charge is 0.426 e. The minimum atomic E-state index is -0.315. The van der Waals surface area contributed by atoms with Gasteiger partial charge in [-0.15, -0.1) is 0 Å². The van der Waals surface area contributed by atoms with E-state index in [1.165, 1.54) is 12.5 Å². The van der Waals surface area contributed by atoms with Crippen LogP contribution in [0.25, 0.3) is 0 Å². The van der Waals surface area contributed by atoms with E-state index in [1.54, 1.807) is 6.07 Å². The van der Waals surface area contributed by atoms with Gasteiger partial charge in [0.15, 0.2) is 0 Å². The highest BCUT2D eigenvalue weighted by molar-refractivity contribution is 5.69. The minimum Gasteiger partial charge on any atom is -0.426 e. The van der Waals surface area contributed by atoms with Gasteiger partial charge in [0.05, 0.1) is 12.2 Å². The van der Waals surface area contributed by atoms with Gasteiger partial charge in [0, 0.05) is 12.5 Å². The van der Waals surface area contributed by atoms with Gasteiger partial charge in [-0.05, 0) is 25.8 Å². The summed E-state index contributed by atoms with van der Waals surface area (Å²) in [5, 5.41) is 0. The molecule has 0 aliphatic carbocycles. The number of hydrogen-bond acceptors (Lipinski definition) is 3. The summed E-state index contributed by atoms with van der Waals surface area (Å²) in [6.07, 6.45) is 1.76. The van der Waals surface area contributed by atoms with Gasteiger partial charge in [-0.1, -0.05) is 30.4 Å². The zero-order valence-corrected chi connectivity index (χ0v) is 10.8. The summed E-state index contributed by atoms with van der Waals surface area (Å²) >= 11 is 0. The van der Waals surface area contributed by atoms with E-state index >= 15 is 0 Å². The van der Waals surface area contributed by atoms with Crippen molar-refractivity contribution in [1.82, 2.24) is 0 Å². The first-order chi connectivity index (χ1) is 8.56. The summed E-state index contributed by atoms with van der Waals surface area (Å²) in [7, 11) is 0. The van der Waals surface area contributed by atoms with Crippen molar-refractivity contribution in [1.29, 1.82) is 0 Å². The van der Waals surface area contributed by atoms with Crippen LogP contribution in [0.3, 0.4) is 0 Å². The van der Waals surface area contributed by atoms with Gasteiger partial charge >= 0.3 is 5.97 Å². The highest BCUT2D eigenvalue weighted by Gasteiger charge is 2.25. The highest BCUT2D eigenvalue weighted by atomic mass is 16.5. The molecule has 2 rings (SSSR count). The van der Waals surface area contributed by atoms with Gasteiger partial charge in [-0.3, -0.25) is 4.79 Å². The van der Waals surface area contributed by atoms with Crippen molar-refractivity contribution in [3.63, 3.8) is 0 Å². The Morgan fingerprint density at radius 3 is 2.78 bits per heavy atom. The van der Waals surface area contributed by atoms with Crippen molar-refractivity contribution >= 4 is 5.97 Å². The SMILES string of the molecule is C=C1C[C@@H](c2ccccc2OC(C)=O)O[C@@H](C)C1. The van der Waals surface area contributed by atoms with Crippen molar-refractivity contribution in [2.45, 2.75) is 38.9 Å². The summed E-state index contributed by atoms with van der Waals surface area (Å²) in [6, 6.07) is 7.51. The molecule has 0 spiro atoms. The van der Waals surface area contributed by atoms with Gasteiger partial charge in [0.2, 0.25) is 0 Å². The van der Waals surface area contributed by atoms with Crippen LogP contribution < -0.4 is 4.74 Å². The molecule has 0 bridgehead atoms. The van der Waals surface area contributed by atoms with Crippen LogP contribution in [-0.2, 0) is 9.53 Å². The number of carbonyl (C=O) groups excluding carboxylic acids is 1. The Bertz CT molecular complexity index is 465. The molecule has 3 heteroatoms. The highest BCUT2D eigenvalue weighted by Crippen LogP contribution is 2.37. The number of para-hydroxylation sites is 1. The zero-order valence-electron chi connectivity index (χ0n) is 10.8. The fourth-order valence-corrected chi connectivity index (χ4v) is 2.31. The maximum absolute atomic E-state index is 11.1. The molecule has 0 radical (unpaired) electrons. The molecule has 1 heterocycles. The lowest BCUT2D eigenvalue weighted by molar-refractivity contribution is -0.132. The lowest BCUT2D eigenvalue weighted by Gasteiger charge is -2.30. The Morgan fingerprint density at radius 1 is 1.39 bits per heavy atom. The molecular formula is C15H18O3. The molecule has 1 saturated heterocycles. The number of benzene rings is 1. The van der Waals surface area contributed by atoms with Gasteiger partial charge in [0.25, 0.3) is 0 Å². The first-order valence-corrected chi connectivity index (χ1v) is 6.15. The molecule has 18 heavy (non-hydrogen) atoms. The number of ether oxygens (including phenoxy) is 2. The Morgan fingerprint density at radius 2 is 2.11 bits per heavy atom. The predicted octanol–water partition coefficient (Wildman–Crippen LogP) is 3.41. The van der Waals surface area contributed by atoms with E-state index in [1.807, 2.05) is 25.1 Å². The van der Waals surface area contributed by atoms with Crippen molar-refractivity contribution in [2.24, 2.45) is 0 Å². The smallest absolute Gasteiger partial charge is 0.308 e. The van der Waals surface area contributed by atoms with Crippen LogP contribution in [0.15, 0.2) is 36.4 Å². The summed E-state index contributed by atoms with van der Waals surface area (Å²) < 4.78 is 11.1. The summed E-state index contributed by atoms with van der Waals surface area (Å²) in [5.74, 6) is 0.266. The second kappa shape index (κ2) is 5.36. The predicted molar refractivity (Wildman–Crippen MR) is 69.4 cm³/mol. The Kier molecular flexibility index (Phi) is 3.82. The molecule has 0 aromatic heterocycles. The maximum Gasteiger partial charge on any atom is 0.308 e. The molecule has 0 N–H and O–H groups in total. The van der Waals surface area contributed by atoms with Gasteiger partial charge < -0.3 is 9.47 Å². The van der Waals surface area contributed by atoms with Crippen LogP contribution in [0, 0.1) is 0 Å². The molecule has 0 saturated carbocycles. The second-order valence-corrected chi connectivity index (χ2v) is 4.73. The van der Waals surface area contributed by atoms with Crippen LogP contribution in [-0.4, -0.2) is 12.1 Å². The van der Waals surface area contributed by atoms with Gasteiger partial charge in [0.1, 0.15) is 5.75 Å². The molecule has 1 aliphatic rings. The normalized spacial score (nSPS) is 23.8. The Hall–Kier alpha value is -1.61. The molecule has 1 aromatic rings. The summed E-state index contributed by atoms with van der Waals surface area (Å²) in [6.45, 7) is 7.48. The first-order valence-electron chi connectivity index (χ1n) is 6.15. The van der Waals surface area contributed by atoms with Crippen molar-refractivity contribution in [3.8, 4) is 5.75 Å². The Balaban J connectivity index is 2.26. The fraction of sp³-hybridized carbons (Fsp3) is 0.400. The fourth-order valence-electron chi connectivity index (χ4n) is 2.31. The van der Waals surface area contributed by atoms with Crippen molar-refractivity contribution in [3.05, 3.63) is 42.0 Å². The topological polar surface area (TPSA) is 35.5 Å². The van der Waals surface area contributed by atoms with Crippen LogP contribution in [0.2, 0.25) is 0 Å². The third-order valence-corrected chi connectivity index (χ3v) is 2.97. The molecule has 0 unspecified atom stereocenters. The first kappa shape index (κ1) is 12.8. The third kappa shape index (κ3) is 2.99. The molecule has 1 aliphatic heterocycles. The van der Waals surface area contributed by atoms with Crippen LogP contribution >= 0.6 is 0 Å². The lowest BCUT2D eigenvalue weighted by Crippen LogP contribution is -2.21. The summed E-state index contributed by atoms with van der Waals surface area (Å²) in [4.78, 5) is 11.1. The molecule has 1 aromatic carbocycles. The number of hydrogen-bond donors (Lipinski definition) is 0. The second-order valence-electron chi connectivity index (χ2n) is 4.73. The molecule has 2 atom stereocenters. The standard InChI is InChI=1S/C15H18O3/c1-10-8-11(2)17-15(9-10)13-6-4-5-7-14(13)18-12(3)16/h4-7,11,15H,1,8-9H2,2-3H3/t11-,15-/m0/s1. The van der Waals surface area contributed by atoms with E-state index in [0.29, 0.717) is 5.75 Å². The molecule has 0 amide bonds. The van der Waals surface area contributed by atoms with Gasteiger partial charge in [-0.2, -0.15) is 0 Å². The molecular weight excluding hydrogens is 228 g/mol. The average molecular weight is 246 g/mol. The van der Waals surface area contributed by atoms with Crippen LogP contribution in [0.4, 0.5) is 0 Å². The molecule has 96 valence electrons. The quantitative estimate of drug-likeness (QED) is 0.456. The number of esters is 1. The van der Waals surface area contributed by atoms with Crippen LogP contribution in [0.1, 0.15) is 38.4 Å². The molecule has 3 nitrogen and oxygen atoms in total. The maximum atomic E-state index is 11.1. The van der Waals surface area contributed by atoms with Crippen molar-refractivity contribution in [2.75, 3.05) is 0 Å². The van der Waals surface area contributed by atoms with E-state index in [-0.39, 0.29) is 18.2 Å². The monoisotopic (exact) mass is 246 g/mol. The van der Waals surface area contributed by atoms with E-state index in [2.05, 4.69) is 6.58 Å². The van der Waals surface area contributed by atoms with E-state index < -0.39 is 0 Å². The Labute approximate surface area is 107 Å². The number of carbonyl (C=O) groups is 1. The zero-order chi connectivity index (χ0) is 13.1. The average Bonchev–Trinajstić information content (AvgIpc) is 2.27. The third-order valence-electron chi connectivity index (χ3n) is 2.97. The summed E-state index contributed by atoms with van der Waals surface area (Å²) in [5.41, 5.74) is 2.09. The van der Waals surface area contributed by atoms with Gasteiger partial charge in [-0.25, -0.2) is 0 Å². The van der Waals surface area contributed by atoms with Crippen molar-refractivity contribution < 1.29 is 14.3 Å². The lowest BCUT2D eigenvalue weighted by atomic mass is 9.95. The number of rotatable bonds is 2. The van der Waals surface area contributed by atoms with E-state index in [4.69, 9.17) is 9.47 Å². The van der Waals surface area contributed by atoms with Crippen LogP contribution in [0.5, 0.6) is 5.75 Å². The van der Waals surface area contributed by atoms with E-state index in [0.717, 1.165) is 18.4 Å².